The van der Waals surface area contributed by atoms with Crippen molar-refractivity contribution in [2.45, 2.75) is 44.3 Å². The number of aliphatic hydroxyl groups excluding tert-OH is 1. The van der Waals surface area contributed by atoms with Crippen LogP contribution in [0.2, 0.25) is 0 Å². The van der Waals surface area contributed by atoms with E-state index in [-0.39, 0.29) is 36.4 Å². The Morgan fingerprint density at radius 2 is 2.16 bits per heavy atom. The third kappa shape index (κ3) is 5.65. The topological polar surface area (TPSA) is 70.6 Å². The first kappa shape index (κ1) is 16.7. The van der Waals surface area contributed by atoms with Crippen molar-refractivity contribution in [3.8, 4) is 0 Å². The van der Waals surface area contributed by atoms with Gasteiger partial charge in [0.1, 0.15) is 0 Å². The molecule has 3 unspecified atom stereocenters. The molecule has 2 fully saturated rings. The molecule has 1 saturated carbocycles. The number of carbonyl (C=O) groups excluding carboxylic acids is 1. The lowest BCUT2D eigenvalue weighted by molar-refractivity contribution is -0.124. The van der Waals surface area contributed by atoms with Gasteiger partial charge in [0.15, 0.2) is 0 Å². The van der Waals surface area contributed by atoms with Crippen LogP contribution in [0.5, 0.6) is 0 Å². The van der Waals surface area contributed by atoms with Gasteiger partial charge in [0.05, 0.1) is 25.2 Å². The molecule has 0 aromatic carbocycles. The molecule has 1 aliphatic heterocycles. The standard InChI is InChI=1S/C13H24N2O3.ClH/c16-12-4-2-1-3-10(12)8-15-13(17)7-11-9-14-5-6-18-11;/h10-12,14,16H,1-9H2,(H,15,17);1H. The van der Waals surface area contributed by atoms with Crippen molar-refractivity contribution in [3.05, 3.63) is 0 Å². The van der Waals surface area contributed by atoms with Crippen LogP contribution in [0.1, 0.15) is 32.1 Å². The average molecular weight is 293 g/mol. The number of hydrogen-bond acceptors (Lipinski definition) is 4. The summed E-state index contributed by atoms with van der Waals surface area (Å²) >= 11 is 0. The van der Waals surface area contributed by atoms with Crippen molar-refractivity contribution in [2.24, 2.45) is 5.92 Å². The molecule has 3 N–H and O–H groups in total. The zero-order valence-corrected chi connectivity index (χ0v) is 12.1. The van der Waals surface area contributed by atoms with E-state index < -0.39 is 0 Å². The van der Waals surface area contributed by atoms with Gasteiger partial charge in [0.2, 0.25) is 5.91 Å². The van der Waals surface area contributed by atoms with Crippen molar-refractivity contribution >= 4 is 18.3 Å². The van der Waals surface area contributed by atoms with E-state index in [4.69, 9.17) is 4.74 Å². The molecule has 2 aliphatic rings. The molecule has 112 valence electrons. The smallest absolute Gasteiger partial charge is 0.222 e. The molecule has 1 aliphatic carbocycles. The maximum atomic E-state index is 11.8. The molecule has 0 aromatic rings. The van der Waals surface area contributed by atoms with Crippen LogP contribution in [0.15, 0.2) is 0 Å². The Hall–Kier alpha value is -0.360. The lowest BCUT2D eigenvalue weighted by atomic mass is 9.86. The summed E-state index contributed by atoms with van der Waals surface area (Å²) in [4.78, 5) is 11.8. The number of morpholine rings is 1. The molecule has 19 heavy (non-hydrogen) atoms. The van der Waals surface area contributed by atoms with E-state index in [0.29, 0.717) is 19.6 Å². The quantitative estimate of drug-likeness (QED) is 0.704. The Kier molecular flexibility index (Phi) is 7.68. The van der Waals surface area contributed by atoms with Crippen LogP contribution < -0.4 is 10.6 Å². The zero-order chi connectivity index (χ0) is 12.8. The second-order valence-corrected chi connectivity index (χ2v) is 5.32. The molecule has 2 rings (SSSR count). The van der Waals surface area contributed by atoms with E-state index in [1.165, 1.54) is 0 Å². The number of nitrogens with one attached hydrogen (secondary N) is 2. The van der Waals surface area contributed by atoms with Gasteiger partial charge in [-0.25, -0.2) is 0 Å². The summed E-state index contributed by atoms with van der Waals surface area (Å²) in [5.41, 5.74) is 0. The van der Waals surface area contributed by atoms with Crippen molar-refractivity contribution in [1.82, 2.24) is 10.6 Å². The lowest BCUT2D eigenvalue weighted by Crippen LogP contribution is -2.43. The van der Waals surface area contributed by atoms with Crippen LogP contribution in [0.3, 0.4) is 0 Å². The Balaban J connectivity index is 0.00000180. The summed E-state index contributed by atoms with van der Waals surface area (Å²) in [6, 6.07) is 0. The molecule has 1 heterocycles. The average Bonchev–Trinajstić information content (AvgIpc) is 2.39. The number of amides is 1. The van der Waals surface area contributed by atoms with Crippen molar-refractivity contribution in [1.29, 1.82) is 0 Å². The highest BCUT2D eigenvalue weighted by atomic mass is 35.5. The minimum Gasteiger partial charge on any atom is -0.393 e. The Labute approximate surface area is 120 Å². The first-order chi connectivity index (χ1) is 8.75. The van der Waals surface area contributed by atoms with Crippen LogP contribution in [0.4, 0.5) is 0 Å². The summed E-state index contributed by atoms with van der Waals surface area (Å²) < 4.78 is 5.49. The van der Waals surface area contributed by atoms with Gasteiger partial charge in [-0.1, -0.05) is 12.8 Å². The second-order valence-electron chi connectivity index (χ2n) is 5.32. The van der Waals surface area contributed by atoms with Crippen LogP contribution in [-0.2, 0) is 9.53 Å². The van der Waals surface area contributed by atoms with E-state index in [1.54, 1.807) is 0 Å². The van der Waals surface area contributed by atoms with Gasteiger partial charge in [-0.2, -0.15) is 0 Å². The SMILES string of the molecule is Cl.O=C(CC1CNCCO1)NCC1CCCCC1O. The summed E-state index contributed by atoms with van der Waals surface area (Å²) in [5, 5.41) is 15.9. The van der Waals surface area contributed by atoms with Gasteiger partial charge in [0.25, 0.3) is 0 Å². The maximum Gasteiger partial charge on any atom is 0.222 e. The van der Waals surface area contributed by atoms with Crippen molar-refractivity contribution < 1.29 is 14.6 Å². The van der Waals surface area contributed by atoms with E-state index >= 15 is 0 Å². The summed E-state index contributed by atoms with van der Waals surface area (Å²) in [7, 11) is 0. The number of carbonyl (C=O) groups is 1. The van der Waals surface area contributed by atoms with Crippen LogP contribution in [-0.4, -0.2) is 49.5 Å². The van der Waals surface area contributed by atoms with Crippen LogP contribution in [0.25, 0.3) is 0 Å². The van der Waals surface area contributed by atoms with Gasteiger partial charge in [-0.05, 0) is 12.8 Å². The number of rotatable bonds is 4. The number of ether oxygens (including phenoxy) is 1. The predicted octanol–water partition coefficient (Wildman–Crippen LogP) is 0.454. The first-order valence-corrected chi connectivity index (χ1v) is 7.03. The molecule has 0 spiro atoms. The van der Waals surface area contributed by atoms with Gasteiger partial charge in [0, 0.05) is 25.6 Å². The maximum absolute atomic E-state index is 11.8. The Morgan fingerprint density at radius 3 is 2.84 bits per heavy atom. The normalized spacial score (nSPS) is 31.3. The van der Waals surface area contributed by atoms with Crippen LogP contribution in [0, 0.1) is 5.92 Å². The molecule has 0 radical (unpaired) electrons. The van der Waals surface area contributed by atoms with E-state index in [9.17, 15) is 9.90 Å². The molecular weight excluding hydrogens is 268 g/mol. The zero-order valence-electron chi connectivity index (χ0n) is 11.3. The van der Waals surface area contributed by atoms with E-state index in [1.807, 2.05) is 0 Å². The van der Waals surface area contributed by atoms with E-state index in [0.717, 1.165) is 38.8 Å². The molecule has 0 aromatic heterocycles. The fourth-order valence-electron chi connectivity index (χ4n) is 2.70. The molecule has 0 bridgehead atoms. The Morgan fingerprint density at radius 1 is 1.37 bits per heavy atom. The monoisotopic (exact) mass is 292 g/mol. The number of aliphatic hydroxyl groups is 1. The highest BCUT2D eigenvalue weighted by Gasteiger charge is 2.24. The second kappa shape index (κ2) is 8.74. The van der Waals surface area contributed by atoms with Gasteiger partial charge in [-0.3, -0.25) is 4.79 Å². The number of hydrogen-bond donors (Lipinski definition) is 3. The lowest BCUT2D eigenvalue weighted by Gasteiger charge is -2.28. The fraction of sp³-hybridized carbons (Fsp3) is 0.923. The largest absolute Gasteiger partial charge is 0.393 e. The highest BCUT2D eigenvalue weighted by Crippen LogP contribution is 2.23. The van der Waals surface area contributed by atoms with Gasteiger partial charge < -0.3 is 20.5 Å². The highest BCUT2D eigenvalue weighted by molar-refractivity contribution is 5.85. The van der Waals surface area contributed by atoms with Crippen LogP contribution >= 0.6 is 12.4 Å². The first-order valence-electron chi connectivity index (χ1n) is 7.03. The third-order valence-electron chi connectivity index (χ3n) is 3.85. The number of halogens is 1. The van der Waals surface area contributed by atoms with Crippen molar-refractivity contribution in [2.75, 3.05) is 26.2 Å². The molecule has 1 amide bonds. The van der Waals surface area contributed by atoms with E-state index in [2.05, 4.69) is 10.6 Å². The minimum absolute atomic E-state index is 0. The molecular formula is C13H25ClN2O3. The molecule has 6 heteroatoms. The fourth-order valence-corrected chi connectivity index (χ4v) is 2.70. The van der Waals surface area contributed by atoms with Gasteiger partial charge >= 0.3 is 0 Å². The summed E-state index contributed by atoms with van der Waals surface area (Å²) in [5.74, 6) is 0.259. The summed E-state index contributed by atoms with van der Waals surface area (Å²) in [6.07, 6.45) is 4.32. The molecule has 3 atom stereocenters. The third-order valence-corrected chi connectivity index (χ3v) is 3.85. The molecule has 1 saturated heterocycles. The summed E-state index contributed by atoms with van der Waals surface area (Å²) in [6.45, 7) is 2.89. The minimum atomic E-state index is -0.244. The predicted molar refractivity (Wildman–Crippen MR) is 75.4 cm³/mol. The van der Waals surface area contributed by atoms with Crippen molar-refractivity contribution in [3.63, 3.8) is 0 Å². The van der Waals surface area contributed by atoms with Gasteiger partial charge in [-0.15, -0.1) is 12.4 Å². The Bertz CT molecular complexity index is 273. The molecule has 5 nitrogen and oxygen atoms in total.